The van der Waals surface area contributed by atoms with Crippen LogP contribution in [0.15, 0.2) is 54.7 Å². The summed E-state index contributed by atoms with van der Waals surface area (Å²) in [4.78, 5) is 37.4. The lowest BCUT2D eigenvalue weighted by atomic mass is 10.1. The van der Waals surface area contributed by atoms with E-state index in [0.29, 0.717) is 16.9 Å². The van der Waals surface area contributed by atoms with Gasteiger partial charge < -0.3 is 9.47 Å². The fourth-order valence-electron chi connectivity index (χ4n) is 2.73. The normalized spacial score (nSPS) is 13.8. The molecule has 0 aromatic heterocycles. The molecule has 6 heteroatoms. The Hall–Kier alpha value is -3.41. The molecule has 0 saturated carbocycles. The Bertz CT molecular complexity index is 893. The fourth-order valence-corrected chi connectivity index (χ4v) is 2.73. The molecule has 3 rings (SSSR count). The maximum atomic E-state index is 12.3. The summed E-state index contributed by atoms with van der Waals surface area (Å²) in [5.74, 6) is -0.654. The Morgan fingerprint density at radius 1 is 0.963 bits per heavy atom. The Kier molecular flexibility index (Phi) is 4.81. The summed E-state index contributed by atoms with van der Waals surface area (Å²) in [6.07, 6.45) is 3.12. The van der Waals surface area contributed by atoms with Crippen LogP contribution in [-0.2, 0) is 9.53 Å². The smallest absolute Gasteiger partial charge is 0.349 e. The van der Waals surface area contributed by atoms with Crippen molar-refractivity contribution >= 4 is 23.9 Å². The second kappa shape index (κ2) is 7.07. The number of esters is 1. The van der Waals surface area contributed by atoms with Gasteiger partial charge in [-0.3, -0.25) is 9.59 Å². The van der Waals surface area contributed by atoms with Crippen molar-refractivity contribution in [3.8, 4) is 5.75 Å². The zero-order chi connectivity index (χ0) is 19.6. The first kappa shape index (κ1) is 18.4. The molecule has 0 bridgehead atoms. The van der Waals surface area contributed by atoms with E-state index in [0.717, 1.165) is 10.5 Å². The van der Waals surface area contributed by atoms with Crippen LogP contribution in [0.4, 0.5) is 0 Å². The SMILES string of the molecule is COC(=O)C(C)(C)Oc1ccc(/C=C/N2C(=O)c3ccccc3C2=O)cc1. The molecule has 0 atom stereocenters. The van der Waals surface area contributed by atoms with Crippen LogP contribution < -0.4 is 4.74 Å². The van der Waals surface area contributed by atoms with Crippen LogP contribution in [-0.4, -0.2) is 35.4 Å². The fraction of sp³-hybridized carbons (Fsp3) is 0.190. The number of carbonyl (C=O) groups excluding carboxylic acids is 3. The number of nitrogens with zero attached hydrogens (tertiary/aromatic N) is 1. The summed E-state index contributed by atoms with van der Waals surface area (Å²) >= 11 is 0. The lowest BCUT2D eigenvalue weighted by Crippen LogP contribution is -2.39. The Morgan fingerprint density at radius 2 is 1.52 bits per heavy atom. The number of ether oxygens (including phenoxy) is 2. The van der Waals surface area contributed by atoms with Gasteiger partial charge >= 0.3 is 5.97 Å². The molecule has 0 N–H and O–H groups in total. The lowest BCUT2D eigenvalue weighted by Gasteiger charge is -2.23. The van der Waals surface area contributed by atoms with Gasteiger partial charge in [-0.2, -0.15) is 0 Å². The highest BCUT2D eigenvalue weighted by atomic mass is 16.6. The van der Waals surface area contributed by atoms with Crippen molar-refractivity contribution in [2.75, 3.05) is 7.11 Å². The maximum Gasteiger partial charge on any atom is 0.349 e. The van der Waals surface area contributed by atoms with E-state index in [1.54, 1.807) is 68.5 Å². The molecule has 2 aromatic rings. The average molecular weight is 365 g/mol. The van der Waals surface area contributed by atoms with Crippen molar-refractivity contribution in [2.24, 2.45) is 0 Å². The third kappa shape index (κ3) is 3.60. The molecule has 0 spiro atoms. The zero-order valence-electron chi connectivity index (χ0n) is 15.3. The highest BCUT2D eigenvalue weighted by Crippen LogP contribution is 2.24. The topological polar surface area (TPSA) is 72.9 Å². The van der Waals surface area contributed by atoms with Gasteiger partial charge in [0.05, 0.1) is 18.2 Å². The van der Waals surface area contributed by atoms with E-state index >= 15 is 0 Å². The highest BCUT2D eigenvalue weighted by molar-refractivity contribution is 6.22. The third-order valence-electron chi connectivity index (χ3n) is 4.17. The lowest BCUT2D eigenvalue weighted by molar-refractivity contribution is -0.156. The van der Waals surface area contributed by atoms with Gasteiger partial charge in [0.15, 0.2) is 5.60 Å². The van der Waals surface area contributed by atoms with E-state index in [4.69, 9.17) is 9.47 Å². The van der Waals surface area contributed by atoms with Gasteiger partial charge in [0.1, 0.15) is 5.75 Å². The monoisotopic (exact) mass is 365 g/mol. The Morgan fingerprint density at radius 3 is 2.04 bits per heavy atom. The van der Waals surface area contributed by atoms with Crippen LogP contribution >= 0.6 is 0 Å². The van der Waals surface area contributed by atoms with Gasteiger partial charge in [0, 0.05) is 6.20 Å². The summed E-state index contributed by atoms with van der Waals surface area (Å²) in [7, 11) is 1.31. The van der Waals surface area contributed by atoms with Crippen molar-refractivity contribution in [3.63, 3.8) is 0 Å². The number of hydrogen-bond donors (Lipinski definition) is 0. The van der Waals surface area contributed by atoms with Crippen LogP contribution in [0.3, 0.4) is 0 Å². The predicted octanol–water partition coefficient (Wildman–Crippen LogP) is 3.28. The number of carbonyl (C=O) groups is 3. The molecule has 138 valence electrons. The van der Waals surface area contributed by atoms with Crippen molar-refractivity contribution < 1.29 is 23.9 Å². The van der Waals surface area contributed by atoms with Gasteiger partial charge in [-0.25, -0.2) is 9.69 Å². The van der Waals surface area contributed by atoms with Gasteiger partial charge in [-0.15, -0.1) is 0 Å². The minimum atomic E-state index is -1.10. The molecule has 1 heterocycles. The molecule has 1 aliphatic heterocycles. The molecule has 0 unspecified atom stereocenters. The van der Waals surface area contributed by atoms with Crippen molar-refractivity contribution in [3.05, 3.63) is 71.4 Å². The maximum absolute atomic E-state index is 12.3. The number of rotatable bonds is 5. The minimum absolute atomic E-state index is 0.341. The van der Waals surface area contributed by atoms with Crippen molar-refractivity contribution in [1.29, 1.82) is 0 Å². The van der Waals surface area contributed by atoms with Crippen molar-refractivity contribution in [1.82, 2.24) is 4.90 Å². The number of methoxy groups -OCH3 is 1. The predicted molar refractivity (Wildman–Crippen MR) is 99.1 cm³/mol. The van der Waals surface area contributed by atoms with Crippen LogP contribution in [0.1, 0.15) is 40.1 Å². The van der Waals surface area contributed by atoms with Crippen LogP contribution in [0.25, 0.3) is 6.08 Å². The molecule has 0 fully saturated rings. The van der Waals surface area contributed by atoms with Crippen LogP contribution in [0.2, 0.25) is 0 Å². The highest BCUT2D eigenvalue weighted by Gasteiger charge is 2.33. The Balaban J connectivity index is 1.71. The largest absolute Gasteiger partial charge is 0.476 e. The summed E-state index contributed by atoms with van der Waals surface area (Å²) in [6, 6.07) is 13.7. The molecular weight excluding hydrogens is 346 g/mol. The minimum Gasteiger partial charge on any atom is -0.476 e. The molecule has 1 aliphatic rings. The van der Waals surface area contributed by atoms with E-state index in [9.17, 15) is 14.4 Å². The third-order valence-corrected chi connectivity index (χ3v) is 4.17. The Labute approximate surface area is 157 Å². The average Bonchev–Trinajstić information content (AvgIpc) is 2.91. The van der Waals surface area contributed by atoms with Gasteiger partial charge in [-0.05, 0) is 49.8 Å². The molecule has 27 heavy (non-hydrogen) atoms. The van der Waals surface area contributed by atoms with E-state index in [1.165, 1.54) is 13.3 Å². The summed E-state index contributed by atoms with van der Waals surface area (Å²) in [5.41, 5.74) is 0.475. The number of benzene rings is 2. The quantitative estimate of drug-likeness (QED) is 0.601. The molecule has 6 nitrogen and oxygen atoms in total. The second-order valence-corrected chi connectivity index (χ2v) is 6.51. The van der Waals surface area contributed by atoms with Crippen LogP contribution in [0, 0.1) is 0 Å². The molecule has 0 aliphatic carbocycles. The van der Waals surface area contributed by atoms with Gasteiger partial charge in [-0.1, -0.05) is 24.3 Å². The second-order valence-electron chi connectivity index (χ2n) is 6.51. The van der Waals surface area contributed by atoms with E-state index in [1.807, 2.05) is 0 Å². The molecule has 0 radical (unpaired) electrons. The number of hydrogen-bond acceptors (Lipinski definition) is 5. The first-order chi connectivity index (χ1) is 12.8. The zero-order valence-corrected chi connectivity index (χ0v) is 15.3. The van der Waals surface area contributed by atoms with Crippen molar-refractivity contribution in [2.45, 2.75) is 19.4 Å². The number of imide groups is 1. The molecule has 2 aromatic carbocycles. The molecular formula is C21H19NO5. The van der Waals surface area contributed by atoms with Gasteiger partial charge in [0.25, 0.3) is 11.8 Å². The summed E-state index contributed by atoms with van der Waals surface area (Å²) < 4.78 is 10.4. The standard InChI is InChI=1S/C21H19NO5/c1-21(2,20(25)26-3)27-15-10-8-14(9-11-15)12-13-22-18(23)16-6-4-5-7-17(16)19(22)24/h4-13H,1-3H3/b13-12+. The summed E-state index contributed by atoms with van der Waals surface area (Å²) in [5, 5.41) is 0. The number of amides is 2. The first-order valence-corrected chi connectivity index (χ1v) is 8.36. The summed E-state index contributed by atoms with van der Waals surface area (Å²) in [6.45, 7) is 3.24. The van der Waals surface area contributed by atoms with E-state index in [-0.39, 0.29) is 11.8 Å². The molecule has 2 amide bonds. The molecule has 0 saturated heterocycles. The van der Waals surface area contributed by atoms with E-state index in [2.05, 4.69) is 0 Å². The first-order valence-electron chi connectivity index (χ1n) is 8.36. The van der Waals surface area contributed by atoms with E-state index < -0.39 is 11.6 Å². The van der Waals surface area contributed by atoms with Gasteiger partial charge in [0.2, 0.25) is 0 Å². The number of fused-ring (bicyclic) bond motifs is 1. The van der Waals surface area contributed by atoms with Crippen LogP contribution in [0.5, 0.6) is 5.75 Å².